The molecule has 0 spiro atoms. The Morgan fingerprint density at radius 3 is 3.06 bits per heavy atom. The molecule has 1 N–H and O–H groups in total. The van der Waals surface area contributed by atoms with Gasteiger partial charge in [-0.05, 0) is 54.2 Å². The normalized spacial score (nSPS) is 36.5. The summed E-state index contributed by atoms with van der Waals surface area (Å²) in [7, 11) is 0. The minimum Gasteiger partial charge on any atom is -0.469 e. The second kappa shape index (κ2) is 3.49. The number of aliphatic hydroxyl groups excluding tert-OH is 1. The van der Waals surface area contributed by atoms with E-state index in [1.54, 1.807) is 0 Å². The Morgan fingerprint density at radius 2 is 2.29 bits per heavy atom. The van der Waals surface area contributed by atoms with Crippen LogP contribution in [0.2, 0.25) is 0 Å². The molecule has 1 heterocycles. The molecule has 92 valence electrons. The van der Waals surface area contributed by atoms with Gasteiger partial charge < -0.3 is 9.52 Å². The summed E-state index contributed by atoms with van der Waals surface area (Å²) in [5.74, 6) is 1.57. The van der Waals surface area contributed by atoms with Crippen LogP contribution in [-0.4, -0.2) is 11.2 Å². The van der Waals surface area contributed by atoms with Gasteiger partial charge in [-0.3, -0.25) is 0 Å². The summed E-state index contributed by atoms with van der Waals surface area (Å²) in [4.78, 5) is 0. The fraction of sp³-hybridized carbons (Fsp3) is 0.600. The maximum atomic E-state index is 9.98. The van der Waals surface area contributed by atoms with Crippen LogP contribution in [0.15, 0.2) is 22.8 Å². The molecule has 0 bridgehead atoms. The summed E-state index contributed by atoms with van der Waals surface area (Å²) in [5.41, 5.74) is 3.86. The van der Waals surface area contributed by atoms with Crippen LogP contribution in [0.4, 0.5) is 0 Å². The Bertz CT molecular complexity index is 471. The van der Waals surface area contributed by atoms with Gasteiger partial charge >= 0.3 is 0 Å². The van der Waals surface area contributed by atoms with Crippen molar-refractivity contribution in [3.8, 4) is 0 Å². The Morgan fingerprint density at radius 1 is 1.53 bits per heavy atom. The number of furan rings is 1. The Labute approximate surface area is 102 Å². The molecule has 1 saturated carbocycles. The standard InChI is InChI=1S/C15H20O2/c1-9-8-17-14-7-15(3)5-4-13(16)10(2)12(15)6-11(9)14/h8,12-13,16H,2,4-7H2,1,3H3/t12-,13-,15+/m0/s1. The van der Waals surface area contributed by atoms with E-state index in [9.17, 15) is 5.11 Å². The van der Waals surface area contributed by atoms with Gasteiger partial charge in [0.05, 0.1) is 12.4 Å². The number of rotatable bonds is 0. The van der Waals surface area contributed by atoms with Crippen molar-refractivity contribution in [1.82, 2.24) is 0 Å². The number of hydrogen-bond acceptors (Lipinski definition) is 2. The van der Waals surface area contributed by atoms with E-state index >= 15 is 0 Å². The quantitative estimate of drug-likeness (QED) is 0.697. The molecule has 0 aliphatic heterocycles. The zero-order valence-electron chi connectivity index (χ0n) is 10.6. The highest BCUT2D eigenvalue weighted by Crippen LogP contribution is 2.51. The molecular weight excluding hydrogens is 212 g/mol. The molecular formula is C15H20O2. The van der Waals surface area contributed by atoms with E-state index in [0.717, 1.165) is 37.0 Å². The number of aliphatic hydroxyl groups is 1. The molecule has 1 fully saturated rings. The second-order valence-electron chi connectivity index (χ2n) is 6.04. The lowest BCUT2D eigenvalue weighted by Gasteiger charge is -2.47. The van der Waals surface area contributed by atoms with Crippen molar-refractivity contribution >= 4 is 0 Å². The maximum absolute atomic E-state index is 9.98. The van der Waals surface area contributed by atoms with Crippen molar-refractivity contribution in [3.05, 3.63) is 35.3 Å². The largest absolute Gasteiger partial charge is 0.469 e. The first-order valence-electron chi connectivity index (χ1n) is 6.44. The number of aryl methyl sites for hydroxylation is 1. The van der Waals surface area contributed by atoms with Gasteiger partial charge in [-0.25, -0.2) is 0 Å². The van der Waals surface area contributed by atoms with Crippen LogP contribution in [0.1, 0.15) is 36.7 Å². The Kier molecular flexibility index (Phi) is 2.27. The molecule has 0 radical (unpaired) electrons. The molecule has 0 unspecified atom stereocenters. The van der Waals surface area contributed by atoms with E-state index in [2.05, 4.69) is 20.4 Å². The van der Waals surface area contributed by atoms with Gasteiger partial charge in [0.1, 0.15) is 5.76 Å². The van der Waals surface area contributed by atoms with Gasteiger partial charge in [0.2, 0.25) is 0 Å². The van der Waals surface area contributed by atoms with Crippen molar-refractivity contribution < 1.29 is 9.52 Å². The van der Waals surface area contributed by atoms with E-state index in [0.29, 0.717) is 5.92 Å². The topological polar surface area (TPSA) is 33.4 Å². The predicted octanol–water partition coefficient (Wildman–Crippen LogP) is 3.02. The molecule has 1 aromatic rings. The number of fused-ring (bicyclic) bond motifs is 2. The average Bonchev–Trinajstić information content (AvgIpc) is 2.64. The van der Waals surface area contributed by atoms with E-state index in [4.69, 9.17) is 4.42 Å². The fourth-order valence-electron chi connectivity index (χ4n) is 3.61. The fourth-order valence-corrected chi connectivity index (χ4v) is 3.61. The van der Waals surface area contributed by atoms with Gasteiger partial charge in [0.15, 0.2) is 0 Å². The monoisotopic (exact) mass is 232 g/mol. The highest BCUT2D eigenvalue weighted by Gasteiger charge is 2.46. The van der Waals surface area contributed by atoms with Crippen LogP contribution in [0, 0.1) is 18.3 Å². The maximum Gasteiger partial charge on any atom is 0.107 e. The third-order valence-electron chi connectivity index (χ3n) is 4.87. The molecule has 1 aromatic heterocycles. The van der Waals surface area contributed by atoms with Gasteiger partial charge in [-0.15, -0.1) is 0 Å². The lowest BCUT2D eigenvalue weighted by atomic mass is 9.58. The van der Waals surface area contributed by atoms with Gasteiger partial charge in [0, 0.05) is 6.42 Å². The molecule has 2 nitrogen and oxygen atoms in total. The van der Waals surface area contributed by atoms with Crippen LogP contribution in [0.25, 0.3) is 0 Å². The first-order valence-corrected chi connectivity index (χ1v) is 6.44. The summed E-state index contributed by atoms with van der Waals surface area (Å²) >= 11 is 0. The third-order valence-corrected chi connectivity index (χ3v) is 4.87. The first kappa shape index (κ1) is 11.1. The van der Waals surface area contributed by atoms with E-state index in [-0.39, 0.29) is 11.5 Å². The van der Waals surface area contributed by atoms with E-state index < -0.39 is 0 Å². The summed E-state index contributed by atoms with van der Waals surface area (Å²) in [6.07, 6.45) is 5.46. The van der Waals surface area contributed by atoms with Gasteiger partial charge in [-0.1, -0.05) is 13.5 Å². The highest BCUT2D eigenvalue weighted by molar-refractivity contribution is 5.35. The zero-order valence-corrected chi connectivity index (χ0v) is 10.6. The van der Waals surface area contributed by atoms with Crippen LogP contribution in [-0.2, 0) is 12.8 Å². The Hall–Kier alpha value is -1.02. The first-order chi connectivity index (χ1) is 8.01. The minimum absolute atomic E-state index is 0.230. The summed E-state index contributed by atoms with van der Waals surface area (Å²) in [6.45, 7) is 8.55. The summed E-state index contributed by atoms with van der Waals surface area (Å²) < 4.78 is 5.67. The Balaban J connectivity index is 2.02. The van der Waals surface area contributed by atoms with Crippen LogP contribution >= 0.6 is 0 Å². The van der Waals surface area contributed by atoms with Crippen molar-refractivity contribution in [1.29, 1.82) is 0 Å². The summed E-state index contributed by atoms with van der Waals surface area (Å²) in [5, 5.41) is 9.98. The molecule has 0 aromatic carbocycles. The van der Waals surface area contributed by atoms with Crippen molar-refractivity contribution in [2.75, 3.05) is 0 Å². The van der Waals surface area contributed by atoms with Gasteiger partial charge in [0.25, 0.3) is 0 Å². The average molecular weight is 232 g/mol. The number of hydrogen-bond donors (Lipinski definition) is 1. The molecule has 0 saturated heterocycles. The highest BCUT2D eigenvalue weighted by atomic mass is 16.3. The predicted molar refractivity (Wildman–Crippen MR) is 66.8 cm³/mol. The van der Waals surface area contributed by atoms with Crippen LogP contribution in [0.3, 0.4) is 0 Å². The molecule has 2 aliphatic rings. The lowest BCUT2D eigenvalue weighted by Crippen LogP contribution is -2.43. The molecule has 2 heteroatoms. The zero-order chi connectivity index (χ0) is 12.2. The smallest absolute Gasteiger partial charge is 0.107 e. The third kappa shape index (κ3) is 1.50. The van der Waals surface area contributed by atoms with Crippen LogP contribution < -0.4 is 0 Å². The second-order valence-corrected chi connectivity index (χ2v) is 6.04. The molecule has 2 aliphatic carbocycles. The summed E-state index contributed by atoms with van der Waals surface area (Å²) in [6, 6.07) is 0. The van der Waals surface area contributed by atoms with E-state index in [1.807, 2.05) is 6.26 Å². The molecule has 3 atom stereocenters. The molecule has 0 amide bonds. The van der Waals surface area contributed by atoms with Gasteiger partial charge in [-0.2, -0.15) is 0 Å². The van der Waals surface area contributed by atoms with Crippen molar-refractivity contribution in [3.63, 3.8) is 0 Å². The molecule has 17 heavy (non-hydrogen) atoms. The molecule has 3 rings (SSSR count). The van der Waals surface area contributed by atoms with Crippen molar-refractivity contribution in [2.24, 2.45) is 11.3 Å². The lowest BCUT2D eigenvalue weighted by molar-refractivity contribution is 0.0635. The SMILES string of the molecule is C=C1[C@@H](O)CC[C@]2(C)Cc3occ(C)c3C[C@@H]12. The minimum atomic E-state index is -0.304. The van der Waals surface area contributed by atoms with Crippen LogP contribution in [0.5, 0.6) is 0 Å². The van der Waals surface area contributed by atoms with E-state index in [1.165, 1.54) is 11.1 Å². The van der Waals surface area contributed by atoms with Crippen molar-refractivity contribution in [2.45, 2.75) is 45.6 Å².